The Morgan fingerprint density at radius 1 is 1.67 bits per heavy atom. The summed E-state index contributed by atoms with van der Waals surface area (Å²) in [7, 11) is 1.74. The molecule has 1 aromatic rings. The molecular weight excluding hydrogens is 252 g/mol. The van der Waals surface area contributed by atoms with Crippen LogP contribution in [-0.4, -0.2) is 49.6 Å². The molecule has 1 saturated heterocycles. The van der Waals surface area contributed by atoms with E-state index in [1.807, 2.05) is 16.8 Å². The molecule has 1 aliphatic heterocycles. The summed E-state index contributed by atoms with van der Waals surface area (Å²) < 4.78 is 5.34. The summed E-state index contributed by atoms with van der Waals surface area (Å²) in [6, 6.07) is 1.94. The first-order chi connectivity index (χ1) is 8.65. The molecule has 0 saturated carbocycles. The number of thiophene rings is 1. The number of nitrogens with one attached hydrogen (secondary N) is 1. The zero-order valence-corrected chi connectivity index (χ0v) is 11.0. The van der Waals surface area contributed by atoms with E-state index in [0.717, 1.165) is 5.56 Å². The summed E-state index contributed by atoms with van der Waals surface area (Å²) in [5.74, 6) is -0.0348. The number of carbonyl (C=O) groups excluding carboxylic acids is 2. The van der Waals surface area contributed by atoms with Crippen LogP contribution in [0, 0.1) is 0 Å². The van der Waals surface area contributed by atoms with Crippen molar-refractivity contribution in [3.63, 3.8) is 0 Å². The maximum Gasteiger partial charge on any atom is 0.248 e. The predicted octanol–water partition coefficient (Wildman–Crippen LogP) is 0.264. The number of hydrogen-bond acceptors (Lipinski definition) is 4. The standard InChI is InChI=1S/C12H16N2O3S/c1-14-6-10(17-7-12(14)16)5-13-11(15)4-9-2-3-18-8-9/h2-3,8,10H,4-7H2,1H3,(H,13,15)/t10-/m0/s1. The third-order valence-electron chi connectivity index (χ3n) is 2.82. The lowest BCUT2D eigenvalue weighted by atomic mass is 10.2. The van der Waals surface area contributed by atoms with Gasteiger partial charge in [0.1, 0.15) is 6.61 Å². The second kappa shape index (κ2) is 5.97. The summed E-state index contributed by atoms with van der Waals surface area (Å²) in [5, 5.41) is 6.74. The van der Waals surface area contributed by atoms with E-state index >= 15 is 0 Å². The fourth-order valence-corrected chi connectivity index (χ4v) is 2.42. The Morgan fingerprint density at radius 3 is 3.17 bits per heavy atom. The van der Waals surface area contributed by atoms with E-state index in [1.165, 1.54) is 0 Å². The summed E-state index contributed by atoms with van der Waals surface area (Å²) in [4.78, 5) is 24.5. The van der Waals surface area contributed by atoms with Gasteiger partial charge >= 0.3 is 0 Å². The van der Waals surface area contributed by atoms with Crippen LogP contribution in [-0.2, 0) is 20.7 Å². The number of carbonyl (C=O) groups is 2. The van der Waals surface area contributed by atoms with Crippen LogP contribution in [0.5, 0.6) is 0 Å². The molecule has 0 unspecified atom stereocenters. The van der Waals surface area contributed by atoms with E-state index in [9.17, 15) is 9.59 Å². The highest BCUT2D eigenvalue weighted by Gasteiger charge is 2.23. The molecule has 1 aliphatic rings. The molecule has 0 radical (unpaired) electrons. The third kappa shape index (κ3) is 3.54. The topological polar surface area (TPSA) is 58.6 Å². The van der Waals surface area contributed by atoms with Gasteiger partial charge in [-0.05, 0) is 22.4 Å². The lowest BCUT2D eigenvalue weighted by Gasteiger charge is -2.29. The Kier molecular flexibility index (Phi) is 4.33. The Hall–Kier alpha value is -1.40. The van der Waals surface area contributed by atoms with Crippen molar-refractivity contribution in [1.82, 2.24) is 10.2 Å². The quantitative estimate of drug-likeness (QED) is 0.852. The minimum Gasteiger partial charge on any atom is -0.365 e. The summed E-state index contributed by atoms with van der Waals surface area (Å²) in [6.45, 7) is 1.07. The number of hydrogen-bond donors (Lipinski definition) is 1. The van der Waals surface area contributed by atoms with E-state index in [-0.39, 0.29) is 24.5 Å². The number of likely N-dealkylation sites (N-methyl/N-ethyl adjacent to an activating group) is 1. The van der Waals surface area contributed by atoms with E-state index in [4.69, 9.17) is 4.74 Å². The molecule has 2 heterocycles. The van der Waals surface area contributed by atoms with Crippen LogP contribution in [0.4, 0.5) is 0 Å². The van der Waals surface area contributed by atoms with Crippen LogP contribution in [0.25, 0.3) is 0 Å². The van der Waals surface area contributed by atoms with Crippen molar-refractivity contribution in [2.24, 2.45) is 0 Å². The van der Waals surface area contributed by atoms with Crippen LogP contribution in [0.15, 0.2) is 16.8 Å². The second-order valence-electron chi connectivity index (χ2n) is 4.32. The Balaban J connectivity index is 1.71. The molecule has 5 nitrogen and oxygen atoms in total. The lowest BCUT2D eigenvalue weighted by Crippen LogP contribution is -2.48. The summed E-state index contributed by atoms with van der Waals surface area (Å²) >= 11 is 1.58. The Labute approximate surface area is 110 Å². The molecule has 6 heteroatoms. The van der Waals surface area contributed by atoms with Gasteiger partial charge in [0.15, 0.2) is 0 Å². The summed E-state index contributed by atoms with van der Waals surface area (Å²) in [5.41, 5.74) is 1.02. The van der Waals surface area contributed by atoms with Crippen molar-refractivity contribution in [2.45, 2.75) is 12.5 Å². The van der Waals surface area contributed by atoms with Gasteiger partial charge in [-0.3, -0.25) is 9.59 Å². The molecule has 1 fully saturated rings. The number of morpholine rings is 1. The molecule has 1 atom stereocenters. The van der Waals surface area contributed by atoms with Crippen LogP contribution < -0.4 is 5.32 Å². The monoisotopic (exact) mass is 268 g/mol. The molecule has 0 aromatic carbocycles. The molecule has 98 valence electrons. The predicted molar refractivity (Wildman–Crippen MR) is 68.4 cm³/mol. The van der Waals surface area contributed by atoms with Crippen molar-refractivity contribution < 1.29 is 14.3 Å². The molecule has 18 heavy (non-hydrogen) atoms. The Morgan fingerprint density at radius 2 is 2.50 bits per heavy atom. The van der Waals surface area contributed by atoms with Gasteiger partial charge < -0.3 is 15.0 Å². The molecule has 2 rings (SSSR count). The van der Waals surface area contributed by atoms with E-state index in [0.29, 0.717) is 19.5 Å². The van der Waals surface area contributed by atoms with Gasteiger partial charge in [0.25, 0.3) is 0 Å². The van der Waals surface area contributed by atoms with E-state index in [1.54, 1.807) is 23.3 Å². The van der Waals surface area contributed by atoms with Gasteiger partial charge in [-0.2, -0.15) is 11.3 Å². The minimum atomic E-state index is -0.112. The minimum absolute atomic E-state index is 0.0171. The average Bonchev–Trinajstić information content (AvgIpc) is 2.83. The van der Waals surface area contributed by atoms with Crippen molar-refractivity contribution in [3.8, 4) is 0 Å². The average molecular weight is 268 g/mol. The van der Waals surface area contributed by atoms with Gasteiger partial charge in [-0.15, -0.1) is 0 Å². The zero-order valence-electron chi connectivity index (χ0n) is 10.2. The second-order valence-corrected chi connectivity index (χ2v) is 5.10. The van der Waals surface area contributed by atoms with E-state index < -0.39 is 0 Å². The Bertz CT molecular complexity index is 419. The number of amides is 2. The first kappa shape index (κ1) is 13.0. The lowest BCUT2D eigenvalue weighted by molar-refractivity contribution is -0.146. The van der Waals surface area contributed by atoms with Gasteiger partial charge in [-0.1, -0.05) is 0 Å². The van der Waals surface area contributed by atoms with Crippen molar-refractivity contribution >= 4 is 23.2 Å². The number of ether oxygens (including phenoxy) is 1. The highest BCUT2D eigenvalue weighted by molar-refractivity contribution is 7.07. The first-order valence-corrected chi connectivity index (χ1v) is 6.73. The maximum atomic E-state index is 11.7. The smallest absolute Gasteiger partial charge is 0.248 e. The largest absolute Gasteiger partial charge is 0.365 e. The molecule has 1 aromatic heterocycles. The van der Waals surface area contributed by atoms with E-state index in [2.05, 4.69) is 5.32 Å². The SMILES string of the molecule is CN1C[C@H](CNC(=O)Cc2ccsc2)OCC1=O. The zero-order chi connectivity index (χ0) is 13.0. The number of rotatable bonds is 4. The van der Waals surface area contributed by atoms with Crippen LogP contribution >= 0.6 is 11.3 Å². The molecule has 0 spiro atoms. The van der Waals surface area contributed by atoms with Crippen LogP contribution in [0.3, 0.4) is 0 Å². The normalized spacial score (nSPS) is 19.9. The number of nitrogens with zero attached hydrogens (tertiary/aromatic N) is 1. The van der Waals surface area contributed by atoms with Crippen molar-refractivity contribution in [1.29, 1.82) is 0 Å². The molecule has 0 bridgehead atoms. The first-order valence-electron chi connectivity index (χ1n) is 5.78. The van der Waals surface area contributed by atoms with Crippen molar-refractivity contribution in [3.05, 3.63) is 22.4 Å². The van der Waals surface area contributed by atoms with Crippen molar-refractivity contribution in [2.75, 3.05) is 26.7 Å². The molecule has 1 N–H and O–H groups in total. The third-order valence-corrected chi connectivity index (χ3v) is 3.55. The van der Waals surface area contributed by atoms with Crippen LogP contribution in [0.2, 0.25) is 0 Å². The molecule has 2 amide bonds. The summed E-state index contributed by atoms with van der Waals surface area (Å²) in [6.07, 6.45) is 0.282. The van der Waals surface area contributed by atoms with Gasteiger partial charge in [-0.25, -0.2) is 0 Å². The highest BCUT2D eigenvalue weighted by atomic mass is 32.1. The fraction of sp³-hybridized carbons (Fsp3) is 0.500. The van der Waals surface area contributed by atoms with Gasteiger partial charge in [0.2, 0.25) is 11.8 Å². The van der Waals surface area contributed by atoms with Gasteiger partial charge in [0.05, 0.1) is 12.5 Å². The molecular formula is C12H16N2O3S. The van der Waals surface area contributed by atoms with Gasteiger partial charge in [0, 0.05) is 20.1 Å². The molecule has 0 aliphatic carbocycles. The maximum absolute atomic E-state index is 11.7. The van der Waals surface area contributed by atoms with Crippen LogP contribution in [0.1, 0.15) is 5.56 Å². The fourth-order valence-electron chi connectivity index (χ4n) is 1.75. The highest BCUT2D eigenvalue weighted by Crippen LogP contribution is 2.07.